The number of aryl methyl sites for hydroxylation is 1. The lowest BCUT2D eigenvalue weighted by Gasteiger charge is -2.34. The van der Waals surface area contributed by atoms with E-state index in [4.69, 9.17) is 0 Å². The number of rotatable bonds is 14. The van der Waals surface area contributed by atoms with Gasteiger partial charge in [-0.1, -0.05) is 237 Å². The summed E-state index contributed by atoms with van der Waals surface area (Å²) in [5.74, 6) is 0.332. The molecule has 79 heavy (non-hydrogen) atoms. The number of benzene rings is 11. The highest BCUT2D eigenvalue weighted by molar-refractivity contribution is 6.11. The van der Waals surface area contributed by atoms with Crippen LogP contribution >= 0.6 is 0 Å². The van der Waals surface area contributed by atoms with Gasteiger partial charge < -0.3 is 9.47 Å². The first kappa shape index (κ1) is 47.9. The Balaban J connectivity index is 0.880. The van der Waals surface area contributed by atoms with Crippen LogP contribution in [0.3, 0.4) is 0 Å². The summed E-state index contributed by atoms with van der Waals surface area (Å²) in [6, 6.07) is 104. The molecule has 12 aromatic rings. The van der Waals surface area contributed by atoms with Gasteiger partial charge in [-0.25, -0.2) is 0 Å². The second-order valence-electron chi connectivity index (χ2n) is 21.4. The van der Waals surface area contributed by atoms with Crippen LogP contribution in [-0.4, -0.2) is 4.57 Å². The first-order valence-corrected chi connectivity index (χ1v) is 28.1. The topological polar surface area (TPSA) is 8.17 Å². The molecule has 2 aliphatic rings. The molecule has 0 fully saturated rings. The zero-order chi connectivity index (χ0) is 52.5. The normalized spacial score (nSPS) is 13.7. The molecule has 11 aromatic carbocycles. The van der Waals surface area contributed by atoms with Gasteiger partial charge in [0.1, 0.15) is 0 Å². The molecule has 0 bridgehead atoms. The van der Waals surface area contributed by atoms with Gasteiger partial charge in [-0.15, -0.1) is 0 Å². The summed E-state index contributed by atoms with van der Waals surface area (Å²) in [5, 5.41) is 2.45. The number of allylic oxidation sites excluding steroid dienone is 3. The zero-order valence-electron chi connectivity index (χ0n) is 44.3. The molecule has 1 atom stereocenters. The summed E-state index contributed by atoms with van der Waals surface area (Å²) in [6.45, 7) is 0. The van der Waals surface area contributed by atoms with Gasteiger partial charge >= 0.3 is 0 Å². The highest BCUT2D eigenvalue weighted by Crippen LogP contribution is 2.56. The second-order valence-corrected chi connectivity index (χ2v) is 21.4. The quantitative estimate of drug-likeness (QED) is 0.105. The maximum absolute atomic E-state index is 2.52. The molecule has 0 spiro atoms. The summed E-state index contributed by atoms with van der Waals surface area (Å²) in [7, 11) is 0. The van der Waals surface area contributed by atoms with Crippen molar-refractivity contribution in [1.82, 2.24) is 4.57 Å². The molecular weight excluding hydrogens is 953 g/mol. The molecule has 1 aromatic heterocycles. The van der Waals surface area contributed by atoms with E-state index >= 15 is 0 Å². The Bertz CT molecular complexity index is 4130. The van der Waals surface area contributed by atoms with Crippen molar-refractivity contribution >= 4 is 33.2 Å². The number of hydrogen-bond donors (Lipinski definition) is 0. The van der Waals surface area contributed by atoms with Crippen LogP contribution in [-0.2, 0) is 18.3 Å². The number of hydrogen-bond acceptors (Lipinski definition) is 1. The molecule has 378 valence electrons. The van der Waals surface area contributed by atoms with Crippen molar-refractivity contribution in [2.24, 2.45) is 0 Å². The van der Waals surface area contributed by atoms with Gasteiger partial charge in [0.15, 0.2) is 0 Å². The van der Waals surface area contributed by atoms with Gasteiger partial charge in [-0.05, 0) is 171 Å². The lowest BCUT2D eigenvalue weighted by molar-refractivity contribution is 0.621. The van der Waals surface area contributed by atoms with E-state index in [1.54, 1.807) is 0 Å². The number of anilines is 2. The predicted molar refractivity (Wildman–Crippen MR) is 332 cm³/mol. The van der Waals surface area contributed by atoms with Gasteiger partial charge in [0.2, 0.25) is 0 Å². The van der Waals surface area contributed by atoms with Crippen molar-refractivity contribution in [3.05, 3.63) is 342 Å². The molecule has 0 saturated heterocycles. The number of fused-ring (bicyclic) bond motifs is 6. The van der Waals surface area contributed by atoms with Crippen LogP contribution < -0.4 is 4.90 Å². The summed E-state index contributed by atoms with van der Waals surface area (Å²) in [5.41, 5.74) is 23.3. The molecule has 14 rings (SSSR count). The van der Waals surface area contributed by atoms with E-state index < -0.39 is 5.41 Å². The van der Waals surface area contributed by atoms with E-state index in [-0.39, 0.29) is 0 Å². The van der Waals surface area contributed by atoms with Crippen LogP contribution in [0.5, 0.6) is 0 Å². The molecule has 0 N–H and O–H groups in total. The van der Waals surface area contributed by atoms with Crippen LogP contribution in [0.15, 0.2) is 303 Å². The molecule has 2 nitrogen and oxygen atoms in total. The minimum Gasteiger partial charge on any atom is -0.311 e. The Kier molecular flexibility index (Phi) is 12.6. The first-order valence-electron chi connectivity index (χ1n) is 28.1. The zero-order valence-corrected chi connectivity index (χ0v) is 44.3. The highest BCUT2D eigenvalue weighted by Gasteiger charge is 2.46. The summed E-state index contributed by atoms with van der Waals surface area (Å²) in [4.78, 5) is 2.43. The van der Waals surface area contributed by atoms with Crippen LogP contribution in [0.25, 0.3) is 60.9 Å². The fourth-order valence-corrected chi connectivity index (χ4v) is 13.0. The molecule has 2 heteroatoms. The highest BCUT2D eigenvalue weighted by atomic mass is 15.1. The lowest BCUT2D eigenvalue weighted by atomic mass is 9.67. The van der Waals surface area contributed by atoms with E-state index in [0.29, 0.717) is 5.92 Å². The summed E-state index contributed by atoms with van der Waals surface area (Å²) >= 11 is 0. The van der Waals surface area contributed by atoms with Crippen LogP contribution in [0, 0.1) is 0 Å². The van der Waals surface area contributed by atoms with Crippen molar-refractivity contribution in [3.63, 3.8) is 0 Å². The van der Waals surface area contributed by atoms with Gasteiger partial charge in [0.05, 0.1) is 16.4 Å². The summed E-state index contributed by atoms with van der Waals surface area (Å²) < 4.78 is 2.50. The van der Waals surface area contributed by atoms with Crippen LogP contribution in [0.2, 0.25) is 0 Å². The number of nitrogens with zero attached hydrogens (tertiary/aromatic N) is 2. The third-order valence-corrected chi connectivity index (χ3v) is 16.9. The second kappa shape index (κ2) is 20.8. The maximum atomic E-state index is 2.52. The molecule has 0 amide bonds. The average molecular weight is 1010 g/mol. The van der Waals surface area contributed by atoms with Crippen molar-refractivity contribution < 1.29 is 0 Å². The van der Waals surface area contributed by atoms with Crippen molar-refractivity contribution in [2.75, 3.05) is 4.90 Å². The third-order valence-electron chi connectivity index (χ3n) is 16.9. The molecule has 2 aliphatic carbocycles. The molecule has 0 aliphatic heterocycles. The minimum atomic E-state index is -0.520. The summed E-state index contributed by atoms with van der Waals surface area (Å²) in [6.07, 6.45) is 12.0. The van der Waals surface area contributed by atoms with E-state index in [0.717, 1.165) is 49.2 Å². The fourth-order valence-electron chi connectivity index (χ4n) is 13.0. The molecule has 0 radical (unpaired) electrons. The van der Waals surface area contributed by atoms with Crippen LogP contribution in [0.4, 0.5) is 11.4 Å². The smallest absolute Gasteiger partial charge is 0.0713 e. The van der Waals surface area contributed by atoms with Gasteiger partial charge in [-0.3, -0.25) is 0 Å². The van der Waals surface area contributed by atoms with E-state index in [1.807, 2.05) is 0 Å². The molecule has 1 unspecified atom stereocenters. The first-order chi connectivity index (χ1) is 39.2. The monoisotopic (exact) mass is 1010 g/mol. The Morgan fingerprint density at radius 1 is 0.418 bits per heavy atom. The Morgan fingerprint density at radius 2 is 0.949 bits per heavy atom. The standard InChI is InChI=1S/C77H60N2/c1-6-20-57(21-7-1)59-39-34-55(35-40-59)36-41-62(61-44-42-60(43-45-61)58-22-8-2-9-23-58)52-56-37-47-67(48-38-56)79-75-50-46-64(77(63-24-10-3-11-25-63)73-32-18-16-30-69(73)70-31-17-19-33-74(70)77)53-71(75)72-54-68(49-51-76(72)79)78(65-26-12-4-13-27-65)66-28-14-5-15-29-66/h1-4,6-14,16-35,37-40,42-51,53-54,62H,5,15,36,41,52H2. The number of para-hydroxylation sites is 1. The SMILES string of the molecule is C1=CC(N(c2ccccc2)c2ccc3c(c2)c2cc(C4(c5ccccc5)c5ccccc5-c5ccccc54)ccc2n3-c2ccc(CC(CCc3ccc(-c4ccccc4)cc3)c3ccc(-c4ccccc4)cc3)cc2)=CCC1. The van der Waals surface area contributed by atoms with Crippen molar-refractivity contribution in [2.45, 2.75) is 43.4 Å². The lowest BCUT2D eigenvalue weighted by Crippen LogP contribution is -2.28. The molecule has 0 saturated carbocycles. The van der Waals surface area contributed by atoms with Crippen LogP contribution in [0.1, 0.15) is 64.1 Å². The van der Waals surface area contributed by atoms with Gasteiger partial charge in [-0.2, -0.15) is 0 Å². The predicted octanol–water partition coefficient (Wildman–Crippen LogP) is 19.8. The average Bonchev–Trinajstić information content (AvgIpc) is 4.26. The van der Waals surface area contributed by atoms with Gasteiger partial charge in [0, 0.05) is 33.5 Å². The van der Waals surface area contributed by atoms with Crippen molar-refractivity contribution in [1.29, 1.82) is 0 Å². The maximum Gasteiger partial charge on any atom is 0.0713 e. The Morgan fingerprint density at radius 3 is 1.57 bits per heavy atom. The largest absolute Gasteiger partial charge is 0.311 e. The Labute approximate surface area is 464 Å². The fraction of sp³-hybridized carbons (Fsp3) is 0.0909. The van der Waals surface area contributed by atoms with Crippen molar-refractivity contribution in [3.8, 4) is 39.1 Å². The third kappa shape index (κ3) is 8.80. The molecular formula is C77H60N2. The Hall–Kier alpha value is -9.50. The van der Waals surface area contributed by atoms with E-state index in [9.17, 15) is 0 Å². The van der Waals surface area contributed by atoms with E-state index in [2.05, 4.69) is 307 Å². The van der Waals surface area contributed by atoms with Gasteiger partial charge in [0.25, 0.3) is 0 Å². The van der Waals surface area contributed by atoms with E-state index in [1.165, 1.54) is 99.8 Å². The molecule has 1 heterocycles. The minimum absolute atomic E-state index is 0.332. The number of aromatic nitrogens is 1.